The Bertz CT molecular complexity index is 379. The zero-order valence-electron chi connectivity index (χ0n) is 7.87. The van der Waals surface area contributed by atoms with Crippen molar-refractivity contribution in [2.45, 2.75) is 13.8 Å². The van der Waals surface area contributed by atoms with E-state index in [1.165, 1.54) is 21.1 Å². The second-order valence-corrected chi connectivity index (χ2v) is 5.34. The Morgan fingerprint density at radius 1 is 1.00 bits per heavy atom. The molecule has 0 aliphatic rings. The third-order valence-electron chi connectivity index (χ3n) is 2.03. The van der Waals surface area contributed by atoms with E-state index in [0.717, 1.165) is 0 Å². The molecule has 0 unspecified atom stereocenters. The van der Waals surface area contributed by atoms with Crippen molar-refractivity contribution in [3.63, 3.8) is 0 Å². The van der Waals surface area contributed by atoms with Crippen LogP contribution >= 0.6 is 0 Å². The van der Waals surface area contributed by atoms with Crippen LogP contribution in [0, 0.1) is 13.8 Å². The SMILES string of the molecule is Cc1cc(C)cc(-c2ccc[se]2)c1. The van der Waals surface area contributed by atoms with E-state index in [4.69, 9.17) is 0 Å². The minimum atomic E-state index is 0.556. The van der Waals surface area contributed by atoms with Gasteiger partial charge in [-0.1, -0.05) is 0 Å². The van der Waals surface area contributed by atoms with Crippen LogP contribution < -0.4 is 0 Å². The molecule has 0 radical (unpaired) electrons. The Kier molecular flexibility index (Phi) is 2.39. The van der Waals surface area contributed by atoms with E-state index in [2.05, 4.69) is 49.1 Å². The molecule has 2 rings (SSSR count). The summed E-state index contributed by atoms with van der Waals surface area (Å²) in [6.45, 7) is 4.32. The number of rotatable bonds is 1. The molecular weight excluding hydrogens is 223 g/mol. The number of hydrogen-bond donors (Lipinski definition) is 0. The van der Waals surface area contributed by atoms with Crippen LogP contribution in [0.15, 0.2) is 35.3 Å². The topological polar surface area (TPSA) is 0 Å². The number of hydrogen-bond acceptors (Lipinski definition) is 0. The number of benzene rings is 1. The van der Waals surface area contributed by atoms with Gasteiger partial charge in [-0.3, -0.25) is 0 Å². The standard InChI is InChI=1S/C12H12Se/c1-9-6-10(2)8-11(7-9)12-4-3-5-13-12/h3-8H,1-2H3. The van der Waals surface area contributed by atoms with Gasteiger partial charge < -0.3 is 0 Å². The van der Waals surface area contributed by atoms with Crippen molar-refractivity contribution in [2.24, 2.45) is 0 Å². The molecule has 0 atom stereocenters. The molecule has 13 heavy (non-hydrogen) atoms. The molecular formula is C12H12Se. The van der Waals surface area contributed by atoms with E-state index in [0.29, 0.717) is 14.5 Å². The van der Waals surface area contributed by atoms with Gasteiger partial charge >= 0.3 is 84.8 Å². The van der Waals surface area contributed by atoms with Gasteiger partial charge in [-0.2, -0.15) is 0 Å². The van der Waals surface area contributed by atoms with Gasteiger partial charge in [0, 0.05) is 0 Å². The molecule has 0 saturated heterocycles. The van der Waals surface area contributed by atoms with Crippen molar-refractivity contribution >= 4 is 14.5 Å². The van der Waals surface area contributed by atoms with Crippen LogP contribution in [0.5, 0.6) is 0 Å². The van der Waals surface area contributed by atoms with E-state index >= 15 is 0 Å². The van der Waals surface area contributed by atoms with Crippen molar-refractivity contribution in [3.8, 4) is 10.0 Å². The van der Waals surface area contributed by atoms with Gasteiger partial charge in [0.15, 0.2) is 0 Å². The molecule has 0 amide bonds. The molecule has 0 aliphatic heterocycles. The summed E-state index contributed by atoms with van der Waals surface area (Å²) in [5, 5.41) is 0. The minimum absolute atomic E-state index is 0.556. The monoisotopic (exact) mass is 236 g/mol. The van der Waals surface area contributed by atoms with Gasteiger partial charge in [-0.15, -0.1) is 0 Å². The first kappa shape index (κ1) is 8.80. The molecule has 1 heterocycles. The molecule has 0 N–H and O–H groups in total. The third-order valence-corrected chi connectivity index (χ3v) is 3.96. The molecule has 0 bridgehead atoms. The van der Waals surface area contributed by atoms with Crippen LogP contribution in [-0.2, 0) is 0 Å². The zero-order chi connectivity index (χ0) is 9.26. The van der Waals surface area contributed by atoms with E-state index in [-0.39, 0.29) is 0 Å². The summed E-state index contributed by atoms with van der Waals surface area (Å²) in [5.41, 5.74) is 4.12. The Morgan fingerprint density at radius 3 is 2.23 bits per heavy atom. The molecule has 1 aromatic heterocycles. The first-order valence-electron chi connectivity index (χ1n) is 4.38. The molecule has 0 aliphatic carbocycles. The zero-order valence-corrected chi connectivity index (χ0v) is 9.59. The first-order valence-corrected chi connectivity index (χ1v) is 6.22. The second-order valence-electron chi connectivity index (χ2n) is 3.35. The van der Waals surface area contributed by atoms with Crippen LogP contribution in [0.3, 0.4) is 0 Å². The fourth-order valence-corrected chi connectivity index (χ4v) is 3.06. The maximum absolute atomic E-state index is 2.27. The molecule has 66 valence electrons. The Morgan fingerprint density at radius 2 is 1.69 bits per heavy atom. The van der Waals surface area contributed by atoms with Crippen molar-refractivity contribution in [1.29, 1.82) is 0 Å². The quantitative estimate of drug-likeness (QED) is 0.666. The molecule has 0 saturated carbocycles. The van der Waals surface area contributed by atoms with Gasteiger partial charge in [0.05, 0.1) is 0 Å². The van der Waals surface area contributed by atoms with Gasteiger partial charge in [-0.05, 0) is 0 Å². The molecule has 2 aromatic rings. The van der Waals surface area contributed by atoms with Crippen molar-refractivity contribution in [1.82, 2.24) is 0 Å². The van der Waals surface area contributed by atoms with Gasteiger partial charge in [0.25, 0.3) is 0 Å². The second kappa shape index (κ2) is 3.53. The van der Waals surface area contributed by atoms with E-state index in [1.54, 1.807) is 0 Å². The van der Waals surface area contributed by atoms with Gasteiger partial charge in [0.1, 0.15) is 0 Å². The summed E-state index contributed by atoms with van der Waals surface area (Å²) >= 11 is 0.556. The third kappa shape index (κ3) is 1.93. The van der Waals surface area contributed by atoms with E-state index in [1.807, 2.05) is 0 Å². The fraction of sp³-hybridized carbons (Fsp3) is 0.167. The Labute approximate surface area is 85.0 Å². The van der Waals surface area contributed by atoms with Gasteiger partial charge in [0.2, 0.25) is 0 Å². The summed E-state index contributed by atoms with van der Waals surface area (Å²) in [7, 11) is 0. The summed E-state index contributed by atoms with van der Waals surface area (Å²) in [6, 6.07) is 11.2. The molecule has 0 fully saturated rings. The van der Waals surface area contributed by atoms with Crippen LogP contribution in [0.1, 0.15) is 11.1 Å². The normalized spacial score (nSPS) is 10.3. The van der Waals surface area contributed by atoms with Crippen molar-refractivity contribution in [3.05, 3.63) is 46.4 Å². The summed E-state index contributed by atoms with van der Waals surface area (Å²) in [5.74, 6) is 0. The van der Waals surface area contributed by atoms with Crippen LogP contribution in [0.2, 0.25) is 0 Å². The molecule has 0 spiro atoms. The van der Waals surface area contributed by atoms with Gasteiger partial charge in [-0.25, -0.2) is 0 Å². The van der Waals surface area contributed by atoms with Crippen LogP contribution in [-0.4, -0.2) is 14.5 Å². The van der Waals surface area contributed by atoms with E-state index < -0.39 is 0 Å². The number of aryl methyl sites for hydroxylation is 2. The fourth-order valence-electron chi connectivity index (χ4n) is 1.56. The Balaban J connectivity index is 2.53. The van der Waals surface area contributed by atoms with Crippen molar-refractivity contribution in [2.75, 3.05) is 0 Å². The van der Waals surface area contributed by atoms with Crippen molar-refractivity contribution < 1.29 is 0 Å². The molecule has 1 heteroatoms. The summed E-state index contributed by atoms with van der Waals surface area (Å²) < 4.78 is 1.50. The molecule has 1 aromatic carbocycles. The summed E-state index contributed by atoms with van der Waals surface area (Å²) in [4.78, 5) is 2.26. The Hall–Kier alpha value is -0.781. The first-order chi connectivity index (χ1) is 6.25. The van der Waals surface area contributed by atoms with Crippen LogP contribution in [0.25, 0.3) is 10.0 Å². The maximum atomic E-state index is 2.27. The average molecular weight is 235 g/mol. The van der Waals surface area contributed by atoms with Crippen LogP contribution in [0.4, 0.5) is 0 Å². The summed E-state index contributed by atoms with van der Waals surface area (Å²) in [6.07, 6.45) is 0. The molecule has 0 nitrogen and oxygen atoms in total. The average Bonchev–Trinajstić information content (AvgIpc) is 2.53. The predicted octanol–water partition coefficient (Wildman–Crippen LogP) is 3.03. The predicted molar refractivity (Wildman–Crippen MR) is 58.3 cm³/mol. The van der Waals surface area contributed by atoms with E-state index in [9.17, 15) is 0 Å².